The van der Waals surface area contributed by atoms with Gasteiger partial charge in [-0.1, -0.05) is 36.4 Å². The number of aryl methyl sites for hydroxylation is 1. The Hall–Kier alpha value is -4.14. The van der Waals surface area contributed by atoms with Crippen LogP contribution in [0.25, 0.3) is 5.69 Å². The number of hydrogen-bond donors (Lipinski definition) is 1. The van der Waals surface area contributed by atoms with Crippen LogP contribution in [0, 0.1) is 6.92 Å². The van der Waals surface area contributed by atoms with Crippen LogP contribution in [0.15, 0.2) is 71.8 Å². The second-order valence-corrected chi connectivity index (χ2v) is 6.41. The molecule has 1 N–H and O–H groups in total. The average Bonchev–Trinajstić information content (AvgIpc) is 3.26. The predicted molar refractivity (Wildman–Crippen MR) is 106 cm³/mol. The number of hydrogen-bond acceptors (Lipinski definition) is 6. The number of carbonyl (C=O) groups excluding carboxylic acids is 1. The Kier molecular flexibility index (Phi) is 4.93. The predicted octanol–water partition coefficient (Wildman–Crippen LogP) is 1.83. The van der Waals surface area contributed by atoms with Gasteiger partial charge in [0.2, 0.25) is 0 Å². The molecular formula is C20H17N7O2. The Bertz CT molecular complexity index is 1200. The molecule has 0 spiro atoms. The summed E-state index contributed by atoms with van der Waals surface area (Å²) in [6.07, 6.45) is 1.48. The molecule has 144 valence electrons. The minimum absolute atomic E-state index is 0.144. The summed E-state index contributed by atoms with van der Waals surface area (Å²) >= 11 is 0. The summed E-state index contributed by atoms with van der Waals surface area (Å²) in [6, 6.07) is 17.6. The van der Waals surface area contributed by atoms with Crippen LogP contribution in [0.5, 0.6) is 0 Å². The number of nitrogens with zero attached hydrogens (tertiary/aromatic N) is 6. The van der Waals surface area contributed by atoms with Crippen molar-refractivity contribution in [1.82, 2.24) is 30.0 Å². The van der Waals surface area contributed by atoms with E-state index in [1.54, 1.807) is 12.1 Å². The fraction of sp³-hybridized carbons (Fsp3) is 0.100. The molecule has 2 heterocycles. The molecule has 0 atom stereocenters. The lowest BCUT2D eigenvalue weighted by atomic mass is 10.2. The zero-order chi connectivity index (χ0) is 20.2. The molecule has 0 aliphatic heterocycles. The molecule has 0 fully saturated rings. The van der Waals surface area contributed by atoms with Crippen LogP contribution in [-0.2, 0) is 6.54 Å². The number of benzene rings is 2. The monoisotopic (exact) mass is 387 g/mol. The molecular weight excluding hydrogens is 370 g/mol. The van der Waals surface area contributed by atoms with Gasteiger partial charge in [-0.15, -0.1) is 5.10 Å². The Labute approximate surface area is 165 Å². The van der Waals surface area contributed by atoms with Crippen LogP contribution >= 0.6 is 0 Å². The molecule has 4 aromatic rings. The van der Waals surface area contributed by atoms with E-state index in [4.69, 9.17) is 0 Å². The van der Waals surface area contributed by atoms with Gasteiger partial charge in [-0.3, -0.25) is 9.59 Å². The maximum atomic E-state index is 12.7. The SMILES string of the molecule is Cc1ccc(NC(=O)c2ccc(=O)n(Cc3ccccc3)n2)cc1-n1cnnn1. The molecule has 0 radical (unpaired) electrons. The number of carbonyl (C=O) groups is 1. The molecule has 0 aliphatic rings. The van der Waals surface area contributed by atoms with Crippen LogP contribution in [0.4, 0.5) is 5.69 Å². The van der Waals surface area contributed by atoms with Gasteiger partial charge in [-0.2, -0.15) is 5.10 Å². The van der Waals surface area contributed by atoms with Crippen molar-refractivity contribution < 1.29 is 4.79 Å². The summed E-state index contributed by atoms with van der Waals surface area (Å²) in [5.41, 5.74) is 3.05. The van der Waals surface area contributed by atoms with Crippen molar-refractivity contribution >= 4 is 11.6 Å². The van der Waals surface area contributed by atoms with E-state index in [9.17, 15) is 9.59 Å². The lowest BCUT2D eigenvalue weighted by Gasteiger charge is -2.10. The van der Waals surface area contributed by atoms with E-state index < -0.39 is 5.91 Å². The van der Waals surface area contributed by atoms with E-state index in [2.05, 4.69) is 25.9 Å². The summed E-state index contributed by atoms with van der Waals surface area (Å²) in [5.74, 6) is -0.418. The number of rotatable bonds is 5. The quantitative estimate of drug-likeness (QED) is 0.560. The maximum absolute atomic E-state index is 12.7. The van der Waals surface area contributed by atoms with E-state index in [-0.39, 0.29) is 17.8 Å². The van der Waals surface area contributed by atoms with Crippen LogP contribution in [0.2, 0.25) is 0 Å². The van der Waals surface area contributed by atoms with Gasteiger partial charge in [-0.25, -0.2) is 9.36 Å². The van der Waals surface area contributed by atoms with Gasteiger partial charge in [0.25, 0.3) is 11.5 Å². The zero-order valence-corrected chi connectivity index (χ0v) is 15.6. The number of tetrazole rings is 1. The van der Waals surface area contributed by atoms with Gasteiger partial charge in [0.1, 0.15) is 12.0 Å². The van der Waals surface area contributed by atoms with E-state index in [1.807, 2.05) is 43.3 Å². The minimum atomic E-state index is -0.418. The van der Waals surface area contributed by atoms with Crippen molar-refractivity contribution in [3.8, 4) is 5.69 Å². The fourth-order valence-electron chi connectivity index (χ4n) is 2.84. The first kappa shape index (κ1) is 18.2. The number of anilines is 1. The summed E-state index contributed by atoms with van der Waals surface area (Å²) in [6.45, 7) is 2.21. The first-order valence-electron chi connectivity index (χ1n) is 8.87. The molecule has 0 bridgehead atoms. The van der Waals surface area contributed by atoms with Crippen molar-refractivity contribution in [3.05, 3.63) is 94.2 Å². The average molecular weight is 387 g/mol. The molecule has 29 heavy (non-hydrogen) atoms. The lowest BCUT2D eigenvalue weighted by Crippen LogP contribution is -2.26. The Morgan fingerprint density at radius 1 is 1.07 bits per heavy atom. The second-order valence-electron chi connectivity index (χ2n) is 6.41. The summed E-state index contributed by atoms with van der Waals surface area (Å²) < 4.78 is 2.79. The van der Waals surface area contributed by atoms with E-state index >= 15 is 0 Å². The standard InChI is InChI=1S/C20H17N7O2/c1-14-7-8-16(11-18(14)27-13-21-24-25-27)22-20(29)17-9-10-19(28)26(23-17)12-15-5-3-2-4-6-15/h2-11,13H,12H2,1H3,(H,22,29). The summed E-state index contributed by atoms with van der Waals surface area (Å²) in [5, 5.41) is 18.2. The van der Waals surface area contributed by atoms with Crippen LogP contribution < -0.4 is 10.9 Å². The molecule has 0 unspecified atom stereocenters. The molecule has 1 amide bonds. The molecule has 2 aromatic heterocycles. The molecule has 0 aliphatic carbocycles. The number of nitrogens with one attached hydrogen (secondary N) is 1. The highest BCUT2D eigenvalue weighted by molar-refractivity contribution is 6.02. The van der Waals surface area contributed by atoms with Gasteiger partial charge >= 0.3 is 0 Å². The minimum Gasteiger partial charge on any atom is -0.321 e. The van der Waals surface area contributed by atoms with Gasteiger partial charge in [0, 0.05) is 11.8 Å². The normalized spacial score (nSPS) is 10.7. The Morgan fingerprint density at radius 2 is 1.90 bits per heavy atom. The van der Waals surface area contributed by atoms with Crippen LogP contribution in [-0.4, -0.2) is 35.9 Å². The summed E-state index contributed by atoms with van der Waals surface area (Å²) in [7, 11) is 0. The van der Waals surface area contributed by atoms with Gasteiger partial charge in [0.05, 0.1) is 12.2 Å². The van der Waals surface area contributed by atoms with Crippen molar-refractivity contribution in [2.24, 2.45) is 0 Å². The van der Waals surface area contributed by atoms with Gasteiger partial charge in [-0.05, 0) is 46.7 Å². The van der Waals surface area contributed by atoms with E-state index in [0.29, 0.717) is 5.69 Å². The number of aromatic nitrogens is 6. The highest BCUT2D eigenvalue weighted by Gasteiger charge is 2.12. The Morgan fingerprint density at radius 3 is 2.66 bits per heavy atom. The van der Waals surface area contributed by atoms with Gasteiger partial charge < -0.3 is 5.32 Å². The maximum Gasteiger partial charge on any atom is 0.276 e. The molecule has 2 aromatic carbocycles. The molecule has 0 saturated heterocycles. The topological polar surface area (TPSA) is 108 Å². The number of amides is 1. The highest BCUT2D eigenvalue weighted by atomic mass is 16.2. The van der Waals surface area contributed by atoms with Crippen molar-refractivity contribution in [2.45, 2.75) is 13.5 Å². The third-order valence-corrected chi connectivity index (χ3v) is 4.34. The molecule has 4 rings (SSSR count). The first-order chi connectivity index (χ1) is 14.1. The highest BCUT2D eigenvalue weighted by Crippen LogP contribution is 2.18. The Balaban J connectivity index is 1.57. The van der Waals surface area contributed by atoms with Crippen LogP contribution in [0.1, 0.15) is 21.6 Å². The third-order valence-electron chi connectivity index (χ3n) is 4.34. The van der Waals surface area contributed by atoms with E-state index in [1.165, 1.54) is 27.8 Å². The molecule has 9 heteroatoms. The van der Waals surface area contributed by atoms with Crippen LogP contribution in [0.3, 0.4) is 0 Å². The van der Waals surface area contributed by atoms with Crippen molar-refractivity contribution in [3.63, 3.8) is 0 Å². The van der Waals surface area contributed by atoms with Crippen molar-refractivity contribution in [2.75, 3.05) is 5.32 Å². The smallest absolute Gasteiger partial charge is 0.276 e. The van der Waals surface area contributed by atoms with Gasteiger partial charge in [0.15, 0.2) is 0 Å². The molecule has 0 saturated carbocycles. The largest absolute Gasteiger partial charge is 0.321 e. The molecule has 9 nitrogen and oxygen atoms in total. The zero-order valence-electron chi connectivity index (χ0n) is 15.6. The van der Waals surface area contributed by atoms with E-state index in [0.717, 1.165) is 16.8 Å². The van der Waals surface area contributed by atoms with Crippen molar-refractivity contribution in [1.29, 1.82) is 0 Å². The first-order valence-corrected chi connectivity index (χ1v) is 8.87. The summed E-state index contributed by atoms with van der Waals surface area (Å²) in [4.78, 5) is 24.8. The fourth-order valence-corrected chi connectivity index (χ4v) is 2.84. The second kappa shape index (κ2) is 7.85. The lowest BCUT2D eigenvalue weighted by molar-refractivity contribution is 0.102. The third kappa shape index (κ3) is 4.08.